The molecule has 0 saturated heterocycles. The zero-order valence-electron chi connectivity index (χ0n) is 12.8. The zero-order chi connectivity index (χ0) is 15.5. The maximum absolute atomic E-state index is 10.3. The van der Waals surface area contributed by atoms with Crippen molar-refractivity contribution in [2.45, 2.75) is 32.4 Å². The van der Waals surface area contributed by atoms with Crippen molar-refractivity contribution < 1.29 is 4.79 Å². The standard InChI is InChI=1S/C19H22N2O/c22-15-9-3-8-14-20-21(16-18-10-4-1-5-11-18)17-19-12-6-2-7-13-19/h1-2,4-7,10-15H,3,8-9,16-17H2/b20-14+. The fraction of sp³-hybridized carbons (Fsp3) is 0.263. The van der Waals surface area contributed by atoms with Crippen LogP contribution in [-0.4, -0.2) is 17.5 Å². The number of hydrazone groups is 1. The van der Waals surface area contributed by atoms with Crippen LogP contribution in [-0.2, 0) is 17.9 Å². The summed E-state index contributed by atoms with van der Waals surface area (Å²) in [4.78, 5) is 10.3. The molecule has 2 aromatic rings. The molecule has 2 aromatic carbocycles. The van der Waals surface area contributed by atoms with Gasteiger partial charge in [0.1, 0.15) is 6.29 Å². The molecule has 0 radical (unpaired) electrons. The summed E-state index contributed by atoms with van der Waals surface area (Å²) in [5.41, 5.74) is 2.48. The van der Waals surface area contributed by atoms with E-state index in [4.69, 9.17) is 0 Å². The third-order valence-corrected chi connectivity index (χ3v) is 3.32. The number of hydrogen-bond acceptors (Lipinski definition) is 3. The SMILES string of the molecule is O=CCCC/C=N/N(Cc1ccccc1)Cc1ccccc1. The van der Waals surface area contributed by atoms with Crippen LogP contribution in [0.5, 0.6) is 0 Å². The Kier molecular flexibility index (Phi) is 6.89. The molecule has 0 unspecified atom stereocenters. The molecule has 0 N–H and O–H groups in total. The molecular weight excluding hydrogens is 272 g/mol. The van der Waals surface area contributed by atoms with Gasteiger partial charge in [0, 0.05) is 12.6 Å². The Morgan fingerprint density at radius 1 is 0.818 bits per heavy atom. The minimum atomic E-state index is 0.601. The van der Waals surface area contributed by atoms with E-state index in [2.05, 4.69) is 34.4 Å². The average Bonchev–Trinajstić information content (AvgIpc) is 2.56. The molecule has 0 aliphatic rings. The molecule has 0 heterocycles. The fourth-order valence-corrected chi connectivity index (χ4v) is 2.19. The summed E-state index contributed by atoms with van der Waals surface area (Å²) in [6.45, 7) is 1.56. The smallest absolute Gasteiger partial charge is 0.120 e. The molecule has 0 spiro atoms. The van der Waals surface area contributed by atoms with Crippen LogP contribution in [0.3, 0.4) is 0 Å². The maximum Gasteiger partial charge on any atom is 0.120 e. The quantitative estimate of drug-likeness (QED) is 0.302. The monoisotopic (exact) mass is 294 g/mol. The Bertz CT molecular complexity index is 525. The first kappa shape index (κ1) is 16.0. The molecule has 114 valence electrons. The lowest BCUT2D eigenvalue weighted by Crippen LogP contribution is -2.16. The van der Waals surface area contributed by atoms with Crippen molar-refractivity contribution in [2.75, 3.05) is 0 Å². The van der Waals surface area contributed by atoms with Gasteiger partial charge in [0.05, 0.1) is 13.1 Å². The van der Waals surface area contributed by atoms with Crippen LogP contribution in [0.1, 0.15) is 30.4 Å². The Morgan fingerprint density at radius 3 is 1.86 bits per heavy atom. The minimum Gasteiger partial charge on any atom is -0.303 e. The van der Waals surface area contributed by atoms with Crippen LogP contribution in [0.15, 0.2) is 65.8 Å². The fourth-order valence-electron chi connectivity index (χ4n) is 2.19. The van der Waals surface area contributed by atoms with Crippen molar-refractivity contribution in [1.82, 2.24) is 5.01 Å². The molecule has 0 amide bonds. The van der Waals surface area contributed by atoms with Gasteiger partial charge in [-0.3, -0.25) is 5.01 Å². The Hall–Kier alpha value is -2.42. The number of carbonyl (C=O) groups excluding carboxylic acids is 1. The van der Waals surface area contributed by atoms with Crippen LogP contribution in [0, 0.1) is 0 Å². The number of hydrogen-bond donors (Lipinski definition) is 0. The summed E-state index contributed by atoms with van der Waals surface area (Å²) in [5, 5.41) is 6.64. The van der Waals surface area contributed by atoms with Gasteiger partial charge in [0.2, 0.25) is 0 Å². The molecule has 0 atom stereocenters. The van der Waals surface area contributed by atoms with Gasteiger partial charge in [-0.1, -0.05) is 60.7 Å². The Balaban J connectivity index is 1.98. The summed E-state index contributed by atoms with van der Waals surface area (Å²) in [5.74, 6) is 0. The predicted octanol–water partition coefficient (Wildman–Crippen LogP) is 4.04. The van der Waals surface area contributed by atoms with Crippen molar-refractivity contribution in [3.63, 3.8) is 0 Å². The van der Waals surface area contributed by atoms with E-state index < -0.39 is 0 Å². The Morgan fingerprint density at radius 2 is 1.36 bits per heavy atom. The molecular formula is C19H22N2O. The van der Waals surface area contributed by atoms with Gasteiger partial charge in [-0.15, -0.1) is 0 Å². The number of nitrogens with zero attached hydrogens (tertiary/aromatic N) is 2. The topological polar surface area (TPSA) is 32.7 Å². The Labute approximate surface area is 132 Å². The molecule has 0 fully saturated rings. The van der Waals surface area contributed by atoms with Crippen molar-refractivity contribution >= 4 is 12.5 Å². The highest BCUT2D eigenvalue weighted by molar-refractivity contribution is 5.58. The molecule has 22 heavy (non-hydrogen) atoms. The van der Waals surface area contributed by atoms with Crippen LogP contribution in [0.25, 0.3) is 0 Å². The van der Waals surface area contributed by atoms with Gasteiger partial charge in [-0.05, 0) is 24.0 Å². The van der Waals surface area contributed by atoms with Crippen molar-refractivity contribution in [1.29, 1.82) is 0 Å². The van der Waals surface area contributed by atoms with Gasteiger partial charge < -0.3 is 4.79 Å². The lowest BCUT2D eigenvalue weighted by molar-refractivity contribution is -0.107. The van der Waals surface area contributed by atoms with E-state index in [1.54, 1.807) is 0 Å². The van der Waals surface area contributed by atoms with E-state index in [1.807, 2.05) is 42.6 Å². The van der Waals surface area contributed by atoms with Crippen LogP contribution in [0.2, 0.25) is 0 Å². The minimum absolute atomic E-state index is 0.601. The first-order chi connectivity index (χ1) is 10.9. The van der Waals surface area contributed by atoms with E-state index in [0.29, 0.717) is 6.42 Å². The van der Waals surface area contributed by atoms with E-state index >= 15 is 0 Å². The summed E-state index contributed by atoms with van der Waals surface area (Å²) < 4.78 is 0. The van der Waals surface area contributed by atoms with E-state index in [0.717, 1.165) is 32.2 Å². The van der Waals surface area contributed by atoms with Gasteiger partial charge in [-0.2, -0.15) is 5.10 Å². The summed E-state index contributed by atoms with van der Waals surface area (Å²) in [6.07, 6.45) is 5.16. The maximum atomic E-state index is 10.3. The van der Waals surface area contributed by atoms with Crippen LogP contribution in [0.4, 0.5) is 0 Å². The van der Waals surface area contributed by atoms with Crippen LogP contribution >= 0.6 is 0 Å². The summed E-state index contributed by atoms with van der Waals surface area (Å²) in [7, 11) is 0. The van der Waals surface area contributed by atoms with E-state index in [1.165, 1.54) is 11.1 Å². The highest BCUT2D eigenvalue weighted by atomic mass is 16.1. The summed E-state index contributed by atoms with van der Waals surface area (Å²) in [6, 6.07) is 20.7. The predicted molar refractivity (Wildman–Crippen MR) is 90.5 cm³/mol. The van der Waals surface area contributed by atoms with Crippen molar-refractivity contribution in [3.05, 3.63) is 71.8 Å². The molecule has 0 aliphatic carbocycles. The number of unbranched alkanes of at least 4 members (excludes halogenated alkanes) is 2. The normalized spacial score (nSPS) is 10.7. The van der Waals surface area contributed by atoms with Gasteiger partial charge in [-0.25, -0.2) is 0 Å². The van der Waals surface area contributed by atoms with Gasteiger partial charge >= 0.3 is 0 Å². The second-order valence-corrected chi connectivity index (χ2v) is 5.19. The second-order valence-electron chi connectivity index (χ2n) is 5.19. The average molecular weight is 294 g/mol. The van der Waals surface area contributed by atoms with E-state index in [-0.39, 0.29) is 0 Å². The van der Waals surface area contributed by atoms with Crippen LogP contribution < -0.4 is 0 Å². The van der Waals surface area contributed by atoms with Gasteiger partial charge in [0.15, 0.2) is 0 Å². The molecule has 2 rings (SSSR count). The molecule has 0 aliphatic heterocycles. The molecule has 0 saturated carbocycles. The highest BCUT2D eigenvalue weighted by Gasteiger charge is 2.03. The molecule has 3 heteroatoms. The van der Waals surface area contributed by atoms with Crippen molar-refractivity contribution in [3.8, 4) is 0 Å². The highest BCUT2D eigenvalue weighted by Crippen LogP contribution is 2.10. The largest absolute Gasteiger partial charge is 0.303 e. The van der Waals surface area contributed by atoms with Gasteiger partial charge in [0.25, 0.3) is 0 Å². The molecule has 0 bridgehead atoms. The third-order valence-electron chi connectivity index (χ3n) is 3.32. The first-order valence-electron chi connectivity index (χ1n) is 7.67. The summed E-state index contributed by atoms with van der Waals surface area (Å²) >= 11 is 0. The number of carbonyl (C=O) groups is 1. The number of benzene rings is 2. The molecule has 0 aromatic heterocycles. The number of rotatable bonds is 9. The lowest BCUT2D eigenvalue weighted by Gasteiger charge is -2.19. The van der Waals surface area contributed by atoms with Crippen molar-refractivity contribution in [2.24, 2.45) is 5.10 Å². The first-order valence-corrected chi connectivity index (χ1v) is 7.67. The third kappa shape index (κ3) is 5.92. The second kappa shape index (κ2) is 9.50. The van der Waals surface area contributed by atoms with E-state index in [9.17, 15) is 4.79 Å². The zero-order valence-corrected chi connectivity index (χ0v) is 12.8. The lowest BCUT2D eigenvalue weighted by atomic mass is 10.2. The number of aldehydes is 1. The molecule has 3 nitrogen and oxygen atoms in total.